The topological polar surface area (TPSA) is 106 Å². The van der Waals surface area contributed by atoms with Crippen molar-refractivity contribution in [3.05, 3.63) is 47.5 Å². The van der Waals surface area contributed by atoms with E-state index < -0.39 is 16.8 Å². The average Bonchev–Trinajstić information content (AvgIpc) is 3.40. The number of thiophene rings is 1. The van der Waals surface area contributed by atoms with Gasteiger partial charge in [-0.3, -0.25) is 4.21 Å². The van der Waals surface area contributed by atoms with Gasteiger partial charge in [-0.05, 0) is 29.7 Å². The number of carboxylic acid groups (broad SMARTS) is 1. The summed E-state index contributed by atoms with van der Waals surface area (Å²) < 4.78 is 13.4. The smallest absolute Gasteiger partial charge is 0.336 e. The first-order valence-corrected chi connectivity index (χ1v) is 12.4. The molecule has 0 saturated heterocycles. The predicted octanol–water partition coefficient (Wildman–Crippen LogP) is 5.27. The van der Waals surface area contributed by atoms with E-state index in [1.165, 1.54) is 22.7 Å². The highest BCUT2D eigenvalue weighted by atomic mass is 32.2. The first-order valence-electron chi connectivity index (χ1n) is 9.35. The number of anilines is 1. The molecule has 3 N–H and O–H groups in total. The number of fused-ring (bicyclic) bond motifs is 1. The Bertz CT molecular complexity index is 1250. The zero-order valence-electron chi connectivity index (χ0n) is 16.1. The molecule has 0 bridgehead atoms. The van der Waals surface area contributed by atoms with Crippen molar-refractivity contribution >= 4 is 55.3 Å². The summed E-state index contributed by atoms with van der Waals surface area (Å²) >= 11 is 2.76. The minimum atomic E-state index is -1.23. The Hall–Kier alpha value is -2.62. The Morgan fingerprint density at radius 2 is 2.07 bits per heavy atom. The molecule has 30 heavy (non-hydrogen) atoms. The largest absolute Gasteiger partial charge is 0.478 e. The maximum atomic E-state index is 12.8. The standard InChI is InChI=1S/C21H19N3O3S3/c1-2-3-10-30(27)21-17(22)16-14(12-6-4-5-7-13(12)20(25)26)11-15(24-19(16)29-21)18-23-8-9-28-18/h4-9,11H,2-3,10,22H2,1H3,(H,25,26). The zero-order valence-corrected chi connectivity index (χ0v) is 18.6. The van der Waals surface area contributed by atoms with Crippen LogP contribution in [-0.2, 0) is 10.8 Å². The van der Waals surface area contributed by atoms with Gasteiger partial charge in [0.25, 0.3) is 0 Å². The lowest BCUT2D eigenvalue weighted by molar-refractivity contribution is 0.0697. The number of hydrogen-bond acceptors (Lipinski definition) is 7. The summed E-state index contributed by atoms with van der Waals surface area (Å²) in [6.07, 6.45) is 3.48. The van der Waals surface area contributed by atoms with E-state index in [1.54, 1.807) is 30.5 Å². The van der Waals surface area contributed by atoms with Gasteiger partial charge in [-0.1, -0.05) is 31.5 Å². The van der Waals surface area contributed by atoms with Gasteiger partial charge in [0.2, 0.25) is 0 Å². The number of aromatic carboxylic acids is 1. The number of benzene rings is 1. The summed E-state index contributed by atoms with van der Waals surface area (Å²) in [5, 5.41) is 12.9. The van der Waals surface area contributed by atoms with E-state index >= 15 is 0 Å². The number of nitrogens with two attached hydrogens (primary N) is 1. The lowest BCUT2D eigenvalue weighted by Gasteiger charge is -2.10. The Kier molecular flexibility index (Phi) is 5.94. The van der Waals surface area contributed by atoms with E-state index in [1.807, 2.05) is 18.4 Å². The number of aromatic nitrogens is 2. The number of rotatable bonds is 7. The molecular formula is C21H19N3O3S3. The van der Waals surface area contributed by atoms with Crippen LogP contribution in [0.3, 0.4) is 0 Å². The van der Waals surface area contributed by atoms with E-state index in [-0.39, 0.29) is 5.56 Å². The molecule has 0 radical (unpaired) electrons. The second kappa shape index (κ2) is 8.63. The van der Waals surface area contributed by atoms with E-state index in [2.05, 4.69) is 4.98 Å². The molecule has 3 aromatic heterocycles. The van der Waals surface area contributed by atoms with Gasteiger partial charge in [-0.2, -0.15) is 0 Å². The third-order valence-electron chi connectivity index (χ3n) is 4.65. The Morgan fingerprint density at radius 3 is 2.77 bits per heavy atom. The van der Waals surface area contributed by atoms with Crippen LogP contribution in [0, 0.1) is 0 Å². The number of nitrogen functional groups attached to an aromatic ring is 1. The number of carbonyl (C=O) groups is 1. The van der Waals surface area contributed by atoms with Gasteiger partial charge < -0.3 is 10.8 Å². The Balaban J connectivity index is 2.01. The van der Waals surface area contributed by atoms with Gasteiger partial charge in [0.05, 0.1) is 22.1 Å². The first kappa shape index (κ1) is 20.6. The van der Waals surface area contributed by atoms with Crippen LogP contribution >= 0.6 is 22.7 Å². The fraction of sp³-hybridized carbons (Fsp3) is 0.190. The third-order valence-corrected chi connectivity index (χ3v) is 8.44. The molecule has 0 aliphatic rings. The molecular weight excluding hydrogens is 438 g/mol. The Morgan fingerprint density at radius 1 is 1.27 bits per heavy atom. The molecule has 0 aliphatic carbocycles. The van der Waals surface area contributed by atoms with Crippen LogP contribution in [-0.4, -0.2) is 31.0 Å². The van der Waals surface area contributed by atoms with Gasteiger partial charge in [-0.15, -0.1) is 22.7 Å². The molecule has 0 aliphatic heterocycles. The normalized spacial score (nSPS) is 12.3. The Labute approximate surface area is 183 Å². The molecule has 0 spiro atoms. The van der Waals surface area contributed by atoms with Gasteiger partial charge >= 0.3 is 5.97 Å². The average molecular weight is 458 g/mol. The second-order valence-corrected chi connectivity index (χ2v) is 10.3. The molecule has 1 unspecified atom stereocenters. The van der Waals surface area contributed by atoms with Crippen molar-refractivity contribution in [1.82, 2.24) is 9.97 Å². The summed E-state index contributed by atoms with van der Waals surface area (Å²) in [4.78, 5) is 21.6. The van der Waals surface area contributed by atoms with Crippen molar-refractivity contribution in [2.75, 3.05) is 11.5 Å². The van der Waals surface area contributed by atoms with Gasteiger partial charge in [0.15, 0.2) is 0 Å². The molecule has 3 heterocycles. The molecule has 0 saturated carbocycles. The van der Waals surface area contributed by atoms with Crippen molar-refractivity contribution in [3.63, 3.8) is 0 Å². The number of unbranched alkanes of at least 4 members (excludes halogenated alkanes) is 1. The highest BCUT2D eigenvalue weighted by Gasteiger charge is 2.23. The van der Waals surface area contributed by atoms with Crippen LogP contribution in [0.5, 0.6) is 0 Å². The fourth-order valence-corrected chi connectivity index (χ4v) is 6.61. The molecule has 9 heteroatoms. The molecule has 0 fully saturated rings. The minimum Gasteiger partial charge on any atom is -0.478 e. The summed E-state index contributed by atoms with van der Waals surface area (Å²) in [5.41, 5.74) is 8.90. The number of pyridine rings is 1. The minimum absolute atomic E-state index is 0.175. The zero-order chi connectivity index (χ0) is 21.3. The second-order valence-electron chi connectivity index (χ2n) is 6.63. The summed E-state index contributed by atoms with van der Waals surface area (Å²) in [6, 6.07) is 8.63. The molecule has 1 atom stereocenters. The number of nitrogens with zero attached hydrogens (tertiary/aromatic N) is 2. The maximum absolute atomic E-state index is 12.8. The van der Waals surface area contributed by atoms with E-state index in [4.69, 9.17) is 10.7 Å². The lowest BCUT2D eigenvalue weighted by Crippen LogP contribution is -2.01. The van der Waals surface area contributed by atoms with E-state index in [0.717, 1.165) is 17.8 Å². The number of hydrogen-bond donors (Lipinski definition) is 2. The van der Waals surface area contributed by atoms with E-state index in [0.29, 0.717) is 42.7 Å². The van der Waals surface area contributed by atoms with Crippen LogP contribution in [0.25, 0.3) is 32.0 Å². The van der Waals surface area contributed by atoms with Crippen LogP contribution in [0.1, 0.15) is 30.1 Å². The quantitative estimate of drug-likeness (QED) is 0.391. The fourth-order valence-electron chi connectivity index (χ4n) is 3.21. The SMILES string of the molecule is CCCCS(=O)c1sc2nc(-c3nccs3)cc(-c3ccccc3C(=O)O)c2c1N. The summed E-state index contributed by atoms with van der Waals surface area (Å²) in [7, 11) is -1.23. The molecule has 6 nitrogen and oxygen atoms in total. The third kappa shape index (κ3) is 3.76. The number of carboxylic acids is 1. The highest BCUT2D eigenvalue weighted by molar-refractivity contribution is 7.87. The van der Waals surface area contributed by atoms with Crippen LogP contribution in [0.15, 0.2) is 46.1 Å². The maximum Gasteiger partial charge on any atom is 0.336 e. The van der Waals surface area contributed by atoms with Gasteiger partial charge in [0, 0.05) is 22.7 Å². The van der Waals surface area contributed by atoms with E-state index in [9.17, 15) is 14.1 Å². The summed E-state index contributed by atoms with van der Waals surface area (Å²) in [6.45, 7) is 2.05. The predicted molar refractivity (Wildman–Crippen MR) is 124 cm³/mol. The molecule has 4 rings (SSSR count). The highest BCUT2D eigenvalue weighted by Crippen LogP contribution is 2.43. The monoisotopic (exact) mass is 457 g/mol. The molecule has 1 aromatic carbocycles. The van der Waals surface area contributed by atoms with Crippen LogP contribution in [0.2, 0.25) is 0 Å². The van der Waals surface area contributed by atoms with Crippen LogP contribution < -0.4 is 5.73 Å². The molecule has 4 aromatic rings. The lowest BCUT2D eigenvalue weighted by atomic mass is 9.97. The summed E-state index contributed by atoms with van der Waals surface area (Å²) in [5.74, 6) is -0.486. The first-order chi connectivity index (χ1) is 14.5. The molecule has 154 valence electrons. The van der Waals surface area contributed by atoms with Crippen molar-refractivity contribution in [1.29, 1.82) is 0 Å². The van der Waals surface area contributed by atoms with Crippen molar-refractivity contribution in [3.8, 4) is 21.8 Å². The van der Waals surface area contributed by atoms with Gasteiger partial charge in [0.1, 0.15) is 19.7 Å². The molecule has 0 amide bonds. The van der Waals surface area contributed by atoms with Crippen LogP contribution in [0.4, 0.5) is 5.69 Å². The van der Waals surface area contributed by atoms with Crippen molar-refractivity contribution in [2.24, 2.45) is 0 Å². The van der Waals surface area contributed by atoms with Crippen molar-refractivity contribution in [2.45, 2.75) is 24.0 Å². The van der Waals surface area contributed by atoms with Gasteiger partial charge in [-0.25, -0.2) is 14.8 Å². The number of thiazole rings is 1. The van der Waals surface area contributed by atoms with Crippen molar-refractivity contribution < 1.29 is 14.1 Å².